The number of nitro benzene ring substituents is 1. The highest BCUT2D eigenvalue weighted by atomic mass is 16.6. The summed E-state index contributed by atoms with van der Waals surface area (Å²) in [5.74, 6) is 1.11. The van der Waals surface area contributed by atoms with Crippen LogP contribution in [0.15, 0.2) is 66.9 Å². The van der Waals surface area contributed by atoms with Gasteiger partial charge >= 0.3 is 0 Å². The second-order valence-corrected chi connectivity index (χ2v) is 6.38. The Bertz CT molecular complexity index is 1140. The van der Waals surface area contributed by atoms with Gasteiger partial charge in [0.15, 0.2) is 0 Å². The number of hydrogen-bond acceptors (Lipinski definition) is 6. The Balaban J connectivity index is 1.68. The molecule has 0 amide bonds. The average molecular weight is 390 g/mol. The van der Waals surface area contributed by atoms with Crippen LogP contribution in [0.2, 0.25) is 0 Å². The number of ether oxygens (including phenoxy) is 2. The molecule has 8 heteroatoms. The highest BCUT2D eigenvalue weighted by Crippen LogP contribution is 2.30. The molecule has 2 heterocycles. The second kappa shape index (κ2) is 7.97. The number of methoxy groups -OCH3 is 1. The molecule has 0 aliphatic heterocycles. The standard InChI is InChI=1S/C21H18N4O4/c1-28-18-8-5-15(6-9-18)13-24-20-10-7-17(25(26)27)12-19(20)21(23-24)29-14-16-4-2-3-11-22-16/h2-12H,13-14H2,1H3. The molecule has 0 N–H and O–H groups in total. The number of aromatic nitrogens is 3. The Labute approximate surface area is 166 Å². The van der Waals surface area contributed by atoms with E-state index in [9.17, 15) is 10.1 Å². The lowest BCUT2D eigenvalue weighted by atomic mass is 10.2. The van der Waals surface area contributed by atoms with Gasteiger partial charge in [0, 0.05) is 18.3 Å². The van der Waals surface area contributed by atoms with Crippen LogP contribution >= 0.6 is 0 Å². The normalized spacial score (nSPS) is 10.8. The summed E-state index contributed by atoms with van der Waals surface area (Å²) in [6.07, 6.45) is 1.68. The van der Waals surface area contributed by atoms with Crippen LogP contribution in [0, 0.1) is 10.1 Å². The lowest BCUT2D eigenvalue weighted by Gasteiger charge is -2.05. The number of non-ortho nitro benzene ring substituents is 1. The molecule has 0 bridgehead atoms. The number of rotatable bonds is 7. The molecule has 146 valence electrons. The van der Waals surface area contributed by atoms with Crippen LogP contribution in [0.3, 0.4) is 0 Å². The van der Waals surface area contributed by atoms with Crippen LogP contribution in [0.5, 0.6) is 11.6 Å². The van der Waals surface area contributed by atoms with Gasteiger partial charge < -0.3 is 9.47 Å². The van der Waals surface area contributed by atoms with Crippen molar-refractivity contribution in [1.29, 1.82) is 0 Å². The molecule has 4 aromatic rings. The Kier molecular flexibility index (Phi) is 5.07. The predicted molar refractivity (Wildman–Crippen MR) is 107 cm³/mol. The van der Waals surface area contributed by atoms with Gasteiger partial charge in [-0.15, -0.1) is 5.10 Å². The quantitative estimate of drug-likeness (QED) is 0.350. The van der Waals surface area contributed by atoms with E-state index in [2.05, 4.69) is 10.1 Å². The van der Waals surface area contributed by atoms with Crippen LogP contribution in [-0.4, -0.2) is 26.8 Å². The van der Waals surface area contributed by atoms with Gasteiger partial charge in [-0.2, -0.15) is 0 Å². The third-order valence-electron chi connectivity index (χ3n) is 4.49. The molecule has 0 saturated heterocycles. The molecular weight excluding hydrogens is 372 g/mol. The Morgan fingerprint density at radius 2 is 1.93 bits per heavy atom. The van der Waals surface area contributed by atoms with Crippen molar-refractivity contribution in [1.82, 2.24) is 14.8 Å². The first-order chi connectivity index (χ1) is 14.1. The molecule has 0 saturated carbocycles. The number of fused-ring (bicyclic) bond motifs is 1. The van der Waals surface area contributed by atoms with E-state index in [4.69, 9.17) is 9.47 Å². The molecule has 0 aliphatic carbocycles. The van der Waals surface area contributed by atoms with Gasteiger partial charge in [0.05, 0.1) is 35.2 Å². The fourth-order valence-corrected chi connectivity index (χ4v) is 3.01. The SMILES string of the molecule is COc1ccc(Cn2nc(OCc3ccccn3)c3cc([N+](=O)[O-])ccc32)cc1. The van der Waals surface area contributed by atoms with Crippen LogP contribution in [0.25, 0.3) is 10.9 Å². The van der Waals surface area contributed by atoms with Gasteiger partial charge in [-0.3, -0.25) is 19.8 Å². The second-order valence-electron chi connectivity index (χ2n) is 6.38. The highest BCUT2D eigenvalue weighted by molar-refractivity contribution is 5.86. The molecule has 8 nitrogen and oxygen atoms in total. The van der Waals surface area contributed by atoms with E-state index in [1.165, 1.54) is 12.1 Å². The minimum Gasteiger partial charge on any atom is -0.497 e. The summed E-state index contributed by atoms with van der Waals surface area (Å²) < 4.78 is 12.8. The van der Waals surface area contributed by atoms with E-state index < -0.39 is 4.92 Å². The van der Waals surface area contributed by atoms with E-state index in [0.29, 0.717) is 17.8 Å². The summed E-state index contributed by atoms with van der Waals surface area (Å²) in [6.45, 7) is 0.712. The summed E-state index contributed by atoms with van der Waals surface area (Å²) in [6, 6.07) is 17.9. The predicted octanol–water partition coefficient (Wildman–Crippen LogP) is 3.98. The number of hydrogen-bond donors (Lipinski definition) is 0. The van der Waals surface area contributed by atoms with Gasteiger partial charge in [-0.1, -0.05) is 18.2 Å². The molecule has 0 aliphatic rings. The average Bonchev–Trinajstić information content (AvgIpc) is 3.10. The molecule has 29 heavy (non-hydrogen) atoms. The minimum absolute atomic E-state index is 0.0100. The monoisotopic (exact) mass is 390 g/mol. The fraction of sp³-hybridized carbons (Fsp3) is 0.143. The van der Waals surface area contributed by atoms with E-state index in [1.54, 1.807) is 24.1 Å². The summed E-state index contributed by atoms with van der Waals surface area (Å²) in [4.78, 5) is 15.0. The van der Waals surface area contributed by atoms with Gasteiger partial charge in [-0.05, 0) is 35.9 Å². The highest BCUT2D eigenvalue weighted by Gasteiger charge is 2.17. The molecule has 2 aromatic heterocycles. The zero-order valence-electron chi connectivity index (χ0n) is 15.7. The number of pyridine rings is 1. The summed E-state index contributed by atoms with van der Waals surface area (Å²) in [5.41, 5.74) is 2.51. The number of benzene rings is 2. The third kappa shape index (κ3) is 4.01. The van der Waals surface area contributed by atoms with E-state index >= 15 is 0 Å². The molecule has 0 spiro atoms. The van der Waals surface area contributed by atoms with E-state index in [0.717, 1.165) is 22.5 Å². The van der Waals surface area contributed by atoms with Crippen molar-refractivity contribution in [2.24, 2.45) is 0 Å². The smallest absolute Gasteiger partial charge is 0.270 e. The minimum atomic E-state index is -0.428. The van der Waals surface area contributed by atoms with Crippen molar-refractivity contribution in [3.63, 3.8) is 0 Å². The summed E-state index contributed by atoms with van der Waals surface area (Å²) in [7, 11) is 1.62. The molecule has 0 fully saturated rings. The summed E-state index contributed by atoms with van der Waals surface area (Å²) >= 11 is 0. The lowest BCUT2D eigenvalue weighted by Crippen LogP contribution is -2.03. The maximum Gasteiger partial charge on any atom is 0.270 e. The molecule has 4 rings (SSSR count). The first-order valence-electron chi connectivity index (χ1n) is 8.94. The molecule has 2 aromatic carbocycles. The maximum absolute atomic E-state index is 11.2. The fourth-order valence-electron chi connectivity index (χ4n) is 3.01. The Hall–Kier alpha value is -3.94. The molecular formula is C21H18N4O4. The number of nitro groups is 1. The molecule has 0 atom stereocenters. The largest absolute Gasteiger partial charge is 0.497 e. The molecule has 0 radical (unpaired) electrons. The van der Waals surface area contributed by atoms with Crippen molar-refractivity contribution in [3.8, 4) is 11.6 Å². The number of nitrogens with zero attached hydrogens (tertiary/aromatic N) is 4. The van der Waals surface area contributed by atoms with Crippen LogP contribution in [0.1, 0.15) is 11.3 Å². The van der Waals surface area contributed by atoms with Gasteiger partial charge in [0.2, 0.25) is 5.88 Å². The van der Waals surface area contributed by atoms with E-state index in [-0.39, 0.29) is 12.3 Å². The van der Waals surface area contributed by atoms with Crippen LogP contribution < -0.4 is 9.47 Å². The van der Waals surface area contributed by atoms with Crippen LogP contribution in [-0.2, 0) is 13.2 Å². The summed E-state index contributed by atoms with van der Waals surface area (Å²) in [5, 5.41) is 16.4. The maximum atomic E-state index is 11.2. The molecule has 0 unspecified atom stereocenters. The lowest BCUT2D eigenvalue weighted by molar-refractivity contribution is -0.384. The van der Waals surface area contributed by atoms with Crippen molar-refractivity contribution in [2.45, 2.75) is 13.2 Å². The first kappa shape index (κ1) is 18.4. The van der Waals surface area contributed by atoms with Gasteiger partial charge in [0.25, 0.3) is 5.69 Å². The van der Waals surface area contributed by atoms with E-state index in [1.807, 2.05) is 42.5 Å². The first-order valence-corrected chi connectivity index (χ1v) is 8.94. The zero-order valence-corrected chi connectivity index (χ0v) is 15.7. The zero-order chi connectivity index (χ0) is 20.2. The van der Waals surface area contributed by atoms with Crippen LogP contribution in [0.4, 0.5) is 5.69 Å². The topological polar surface area (TPSA) is 92.3 Å². The van der Waals surface area contributed by atoms with Crippen molar-refractivity contribution >= 4 is 16.6 Å². The van der Waals surface area contributed by atoms with Crippen molar-refractivity contribution in [3.05, 3.63) is 88.2 Å². The van der Waals surface area contributed by atoms with Crippen molar-refractivity contribution in [2.75, 3.05) is 7.11 Å². The third-order valence-corrected chi connectivity index (χ3v) is 4.49. The van der Waals surface area contributed by atoms with Crippen molar-refractivity contribution < 1.29 is 14.4 Å². The Morgan fingerprint density at radius 3 is 2.62 bits per heavy atom. The van der Waals surface area contributed by atoms with Gasteiger partial charge in [0.1, 0.15) is 12.4 Å². The Morgan fingerprint density at radius 1 is 1.10 bits per heavy atom. The van der Waals surface area contributed by atoms with Gasteiger partial charge in [-0.25, -0.2) is 0 Å².